The SMILES string of the molecule is CCN=C(O[P+](c1ccccc1)(c1ccccc1)c1ccccc1)C(C)P(=O)(OCC)OCC.[Br-]. The fourth-order valence-corrected chi connectivity index (χ4v) is 9.02. The molecule has 0 aliphatic heterocycles. The molecule has 3 aromatic rings. The van der Waals surface area contributed by atoms with Crippen molar-refractivity contribution in [1.29, 1.82) is 0 Å². The summed E-state index contributed by atoms with van der Waals surface area (Å²) < 4.78 is 32.1. The quantitative estimate of drug-likeness (QED) is 0.200. The van der Waals surface area contributed by atoms with E-state index in [2.05, 4.69) is 36.4 Å². The maximum Gasteiger partial charge on any atom is 0.342 e. The van der Waals surface area contributed by atoms with E-state index < -0.39 is 20.7 Å². The topological polar surface area (TPSA) is 57.1 Å². The van der Waals surface area contributed by atoms with Gasteiger partial charge in [-0.2, -0.15) is 0 Å². The van der Waals surface area contributed by atoms with E-state index in [4.69, 9.17) is 18.6 Å². The van der Waals surface area contributed by atoms with Gasteiger partial charge in [0.2, 0.25) is 0 Å². The first kappa shape index (κ1) is 29.4. The van der Waals surface area contributed by atoms with Crippen molar-refractivity contribution in [2.45, 2.75) is 33.4 Å². The predicted molar refractivity (Wildman–Crippen MR) is 145 cm³/mol. The Labute approximate surface area is 220 Å². The van der Waals surface area contributed by atoms with E-state index in [0.717, 1.165) is 15.9 Å². The first-order valence-electron chi connectivity index (χ1n) is 11.7. The Morgan fingerprint density at radius 1 is 0.771 bits per heavy atom. The van der Waals surface area contributed by atoms with Crippen molar-refractivity contribution in [3.05, 3.63) is 91.0 Å². The van der Waals surface area contributed by atoms with Crippen LogP contribution in [0.3, 0.4) is 0 Å². The molecule has 0 aliphatic rings. The van der Waals surface area contributed by atoms with Gasteiger partial charge < -0.3 is 30.6 Å². The number of aliphatic imine (C=N–C) groups is 1. The van der Waals surface area contributed by atoms with Crippen molar-refractivity contribution in [3.8, 4) is 0 Å². The molecule has 0 aliphatic carbocycles. The second kappa shape index (κ2) is 14.1. The number of rotatable bonds is 11. The summed E-state index contributed by atoms with van der Waals surface area (Å²) in [4.78, 5) is 4.71. The Balaban J connectivity index is 0.00000432. The third kappa shape index (κ3) is 6.70. The molecule has 3 rings (SSSR count). The Morgan fingerprint density at radius 3 is 1.46 bits per heavy atom. The van der Waals surface area contributed by atoms with Crippen LogP contribution in [0.5, 0.6) is 0 Å². The lowest BCUT2D eigenvalue weighted by molar-refractivity contribution is -0.0000126. The van der Waals surface area contributed by atoms with Crippen LogP contribution in [-0.4, -0.2) is 31.3 Å². The van der Waals surface area contributed by atoms with Crippen molar-refractivity contribution in [2.75, 3.05) is 19.8 Å². The summed E-state index contributed by atoms with van der Waals surface area (Å²) in [7, 11) is -6.16. The lowest BCUT2D eigenvalue weighted by Gasteiger charge is -2.30. The normalized spacial score (nSPS) is 13.1. The van der Waals surface area contributed by atoms with E-state index in [0.29, 0.717) is 12.4 Å². The Bertz CT molecular complexity index is 991. The van der Waals surface area contributed by atoms with E-state index in [9.17, 15) is 4.57 Å². The van der Waals surface area contributed by atoms with Gasteiger partial charge in [0.25, 0.3) is 13.4 Å². The van der Waals surface area contributed by atoms with Gasteiger partial charge in [-0.3, -0.25) is 9.56 Å². The van der Waals surface area contributed by atoms with Gasteiger partial charge in [0.05, 0.1) is 13.2 Å². The molecule has 35 heavy (non-hydrogen) atoms. The van der Waals surface area contributed by atoms with E-state index in [1.165, 1.54) is 0 Å². The number of nitrogens with zero attached hydrogens (tertiary/aromatic N) is 1. The number of hydrogen-bond donors (Lipinski definition) is 0. The average Bonchev–Trinajstić information content (AvgIpc) is 2.88. The minimum atomic E-state index is -3.49. The molecule has 0 amide bonds. The summed E-state index contributed by atoms with van der Waals surface area (Å²) >= 11 is 0. The summed E-state index contributed by atoms with van der Waals surface area (Å²) in [5.74, 6) is 0.387. The highest BCUT2D eigenvalue weighted by Gasteiger charge is 2.52. The maximum absolute atomic E-state index is 13.7. The molecule has 188 valence electrons. The molecule has 0 heterocycles. The molecule has 8 heteroatoms. The fourth-order valence-electron chi connectivity index (χ4n) is 3.81. The molecule has 3 aromatic carbocycles. The summed E-state index contributed by atoms with van der Waals surface area (Å²) in [6.07, 6.45) is 0. The van der Waals surface area contributed by atoms with Crippen LogP contribution in [0, 0.1) is 0 Å². The highest BCUT2D eigenvalue weighted by Crippen LogP contribution is 2.60. The van der Waals surface area contributed by atoms with Gasteiger partial charge in [-0.25, -0.2) is 0 Å². The van der Waals surface area contributed by atoms with Gasteiger partial charge in [0.1, 0.15) is 21.6 Å². The van der Waals surface area contributed by atoms with Crippen LogP contribution in [-0.2, 0) is 18.1 Å². The summed E-state index contributed by atoms with van der Waals surface area (Å²) in [5.41, 5.74) is -0.664. The van der Waals surface area contributed by atoms with Gasteiger partial charge >= 0.3 is 7.60 Å². The number of halogens is 1. The van der Waals surface area contributed by atoms with Gasteiger partial charge in [0, 0.05) is 6.54 Å². The maximum atomic E-state index is 13.7. The van der Waals surface area contributed by atoms with E-state index in [1.807, 2.05) is 82.3 Å². The predicted octanol–water partition coefficient (Wildman–Crippen LogP) is 2.99. The molecule has 0 fully saturated rings. The smallest absolute Gasteiger partial charge is 0.342 e. The molecule has 0 radical (unpaired) electrons. The number of hydrogen-bond acceptors (Lipinski definition) is 5. The Morgan fingerprint density at radius 2 is 1.14 bits per heavy atom. The van der Waals surface area contributed by atoms with E-state index in [1.54, 1.807) is 0 Å². The first-order valence-corrected chi connectivity index (χ1v) is 15.0. The zero-order valence-electron chi connectivity index (χ0n) is 20.7. The molecule has 1 atom stereocenters. The second-order valence-corrected chi connectivity index (χ2v) is 12.9. The lowest BCUT2D eigenvalue weighted by atomic mass is 10.4. The summed E-state index contributed by atoms with van der Waals surface area (Å²) in [5, 5.41) is 3.14. The molecule has 0 aromatic heterocycles. The summed E-state index contributed by atoms with van der Waals surface area (Å²) in [6.45, 7) is 8.41. The minimum absolute atomic E-state index is 0. The van der Waals surface area contributed by atoms with E-state index in [-0.39, 0.29) is 30.2 Å². The summed E-state index contributed by atoms with van der Waals surface area (Å²) in [6, 6.07) is 30.6. The second-order valence-electron chi connectivity index (χ2n) is 7.57. The van der Waals surface area contributed by atoms with Crippen molar-refractivity contribution < 1.29 is 35.1 Å². The van der Waals surface area contributed by atoms with Crippen LogP contribution >= 0.6 is 15.1 Å². The zero-order chi connectivity index (χ0) is 24.4. The van der Waals surface area contributed by atoms with Crippen LogP contribution in [0.1, 0.15) is 27.7 Å². The van der Waals surface area contributed by atoms with Crippen molar-refractivity contribution >= 4 is 36.9 Å². The van der Waals surface area contributed by atoms with Gasteiger partial charge in [-0.05, 0) is 64.1 Å². The van der Waals surface area contributed by atoms with Crippen molar-refractivity contribution in [3.63, 3.8) is 0 Å². The molecule has 0 saturated heterocycles. The third-order valence-corrected chi connectivity index (χ3v) is 11.3. The standard InChI is InChI=1S/C27H34NO4P2.BrH/c1-5-28-27(23(4)34(29,30-6-2)31-7-3)32-33(24-17-11-8-12-18-24,25-19-13-9-14-20-25)26-21-15-10-16-22-26;/h8-23H,5-7H2,1-4H3;1H/q+1;/p-1. The molecule has 0 bridgehead atoms. The van der Waals surface area contributed by atoms with Crippen LogP contribution in [0.25, 0.3) is 0 Å². The Hall–Kier alpha value is -1.81. The van der Waals surface area contributed by atoms with Gasteiger partial charge in [-0.1, -0.05) is 54.6 Å². The molecular formula is C27H34BrNO4P2. The highest BCUT2D eigenvalue weighted by atomic mass is 79.9. The molecule has 5 nitrogen and oxygen atoms in total. The van der Waals surface area contributed by atoms with Crippen LogP contribution in [0.4, 0.5) is 0 Å². The van der Waals surface area contributed by atoms with Crippen LogP contribution in [0.15, 0.2) is 96.0 Å². The molecular weight excluding hydrogens is 544 g/mol. The minimum Gasteiger partial charge on any atom is -1.00 e. The highest BCUT2D eigenvalue weighted by molar-refractivity contribution is 7.92. The van der Waals surface area contributed by atoms with Crippen molar-refractivity contribution in [1.82, 2.24) is 0 Å². The van der Waals surface area contributed by atoms with Gasteiger partial charge in [-0.15, -0.1) is 0 Å². The fraction of sp³-hybridized carbons (Fsp3) is 0.296. The zero-order valence-corrected chi connectivity index (χ0v) is 24.1. The van der Waals surface area contributed by atoms with Crippen LogP contribution < -0.4 is 32.9 Å². The average molecular weight is 578 g/mol. The first-order chi connectivity index (χ1) is 16.5. The third-order valence-electron chi connectivity index (χ3n) is 5.35. The Kier molecular flexibility index (Phi) is 11.8. The van der Waals surface area contributed by atoms with Crippen LogP contribution in [0.2, 0.25) is 0 Å². The lowest BCUT2D eigenvalue weighted by Crippen LogP contribution is -3.00. The number of benzene rings is 3. The molecule has 0 N–H and O–H groups in total. The monoisotopic (exact) mass is 577 g/mol. The van der Waals surface area contributed by atoms with Crippen molar-refractivity contribution in [2.24, 2.45) is 4.99 Å². The van der Waals surface area contributed by atoms with E-state index >= 15 is 0 Å². The van der Waals surface area contributed by atoms with Gasteiger partial charge in [0.15, 0.2) is 0 Å². The molecule has 1 unspecified atom stereocenters. The molecule has 0 spiro atoms. The largest absolute Gasteiger partial charge is 1.00 e. The molecule has 0 saturated carbocycles.